The van der Waals surface area contributed by atoms with Gasteiger partial charge in [-0.1, -0.05) is 12.1 Å². The Balaban J connectivity index is 1.61. The van der Waals surface area contributed by atoms with Crippen LogP contribution < -0.4 is 10.2 Å². The van der Waals surface area contributed by atoms with E-state index in [2.05, 4.69) is 10.1 Å². The number of amides is 2. The van der Waals surface area contributed by atoms with Crippen molar-refractivity contribution in [3.05, 3.63) is 83.4 Å². The van der Waals surface area contributed by atoms with Gasteiger partial charge in [-0.3, -0.25) is 19.8 Å². The summed E-state index contributed by atoms with van der Waals surface area (Å²) in [5.74, 6) is -1.51. The maximum absolute atomic E-state index is 13.2. The molecule has 1 aliphatic rings. The molecule has 0 spiro atoms. The lowest BCUT2D eigenvalue weighted by Gasteiger charge is -2.28. The van der Waals surface area contributed by atoms with Crippen LogP contribution in [-0.4, -0.2) is 30.0 Å². The first-order valence-corrected chi connectivity index (χ1v) is 9.74. The Morgan fingerprint density at radius 2 is 1.75 bits per heavy atom. The van der Waals surface area contributed by atoms with Crippen LogP contribution in [0, 0.1) is 5.82 Å². The fourth-order valence-electron chi connectivity index (χ4n) is 3.10. The van der Waals surface area contributed by atoms with E-state index in [-0.39, 0.29) is 16.4 Å². The van der Waals surface area contributed by atoms with Crippen molar-refractivity contribution in [3.8, 4) is 11.3 Å². The number of benzene rings is 2. The number of esters is 1. The van der Waals surface area contributed by atoms with E-state index in [1.54, 1.807) is 36.4 Å². The lowest BCUT2D eigenvalue weighted by Crippen LogP contribution is -2.54. The Hall–Kier alpha value is -4.11. The molecule has 0 unspecified atom stereocenters. The summed E-state index contributed by atoms with van der Waals surface area (Å²) < 4.78 is 23.7. The molecular weight excluding hydrogens is 435 g/mol. The highest BCUT2D eigenvalue weighted by Gasteiger charge is 2.34. The van der Waals surface area contributed by atoms with E-state index in [0.717, 1.165) is 4.90 Å². The fraction of sp³-hybridized carbons (Fsp3) is 0.0435. The predicted octanol–water partition coefficient (Wildman–Crippen LogP) is 3.70. The molecule has 2 amide bonds. The fourth-order valence-corrected chi connectivity index (χ4v) is 3.38. The summed E-state index contributed by atoms with van der Waals surface area (Å²) >= 11 is 5.12. The molecule has 3 aromatic rings. The average molecular weight is 450 g/mol. The summed E-state index contributed by atoms with van der Waals surface area (Å²) in [6, 6.07) is 15.0. The third-order valence-corrected chi connectivity index (χ3v) is 4.98. The Labute approximate surface area is 187 Å². The summed E-state index contributed by atoms with van der Waals surface area (Å²) in [6.07, 6.45) is 1.31. The van der Waals surface area contributed by atoms with Gasteiger partial charge in [0.25, 0.3) is 11.8 Å². The van der Waals surface area contributed by atoms with E-state index in [1.807, 2.05) is 0 Å². The first kappa shape index (κ1) is 21.1. The number of ether oxygens (including phenoxy) is 1. The SMILES string of the molecule is COC(=O)c1ccc(-c2ccc(/C=C3\C(=O)NC(=S)N(c4ccc(F)cc4)C3=O)o2)cc1. The normalized spacial score (nSPS) is 15.1. The van der Waals surface area contributed by atoms with Crippen molar-refractivity contribution in [2.24, 2.45) is 0 Å². The molecule has 0 saturated carbocycles. The Morgan fingerprint density at radius 3 is 2.41 bits per heavy atom. The predicted molar refractivity (Wildman–Crippen MR) is 118 cm³/mol. The lowest BCUT2D eigenvalue weighted by atomic mass is 10.1. The second kappa shape index (κ2) is 8.56. The van der Waals surface area contributed by atoms with Crippen LogP contribution >= 0.6 is 12.2 Å². The van der Waals surface area contributed by atoms with Crippen LogP contribution in [0.25, 0.3) is 17.4 Å². The highest BCUT2D eigenvalue weighted by Crippen LogP contribution is 2.26. The van der Waals surface area contributed by atoms with Gasteiger partial charge in [0, 0.05) is 5.56 Å². The van der Waals surface area contributed by atoms with Gasteiger partial charge in [0.05, 0.1) is 18.4 Å². The van der Waals surface area contributed by atoms with Crippen LogP contribution in [0.5, 0.6) is 0 Å². The smallest absolute Gasteiger partial charge is 0.337 e. The molecule has 0 radical (unpaired) electrons. The zero-order valence-electron chi connectivity index (χ0n) is 16.6. The number of anilines is 1. The van der Waals surface area contributed by atoms with Gasteiger partial charge in [-0.15, -0.1) is 0 Å². The van der Waals surface area contributed by atoms with Crippen molar-refractivity contribution in [3.63, 3.8) is 0 Å². The molecule has 32 heavy (non-hydrogen) atoms. The monoisotopic (exact) mass is 450 g/mol. The zero-order chi connectivity index (χ0) is 22.8. The molecule has 1 aromatic heterocycles. The van der Waals surface area contributed by atoms with Gasteiger partial charge in [0.2, 0.25) is 0 Å². The summed E-state index contributed by atoms with van der Waals surface area (Å²) in [5.41, 5.74) is 1.21. The number of carbonyl (C=O) groups excluding carboxylic acids is 3. The molecule has 1 aliphatic heterocycles. The number of nitrogens with one attached hydrogen (secondary N) is 1. The van der Waals surface area contributed by atoms with E-state index >= 15 is 0 Å². The van der Waals surface area contributed by atoms with Gasteiger partial charge in [-0.2, -0.15) is 0 Å². The molecule has 160 valence electrons. The third-order valence-electron chi connectivity index (χ3n) is 4.69. The van der Waals surface area contributed by atoms with Crippen molar-refractivity contribution in [2.75, 3.05) is 12.0 Å². The summed E-state index contributed by atoms with van der Waals surface area (Å²) in [4.78, 5) is 38.0. The first-order chi connectivity index (χ1) is 15.4. The molecule has 0 atom stereocenters. The maximum Gasteiger partial charge on any atom is 0.337 e. The summed E-state index contributed by atoms with van der Waals surface area (Å²) in [5, 5.41) is 2.35. The molecule has 1 N–H and O–H groups in total. The molecule has 9 heteroatoms. The van der Waals surface area contributed by atoms with E-state index < -0.39 is 23.6 Å². The Kier molecular flexibility index (Phi) is 5.65. The van der Waals surface area contributed by atoms with Crippen LogP contribution in [-0.2, 0) is 14.3 Å². The standard InChI is InChI=1S/C23H15FN2O5S/c1-30-22(29)14-4-2-13(3-5-14)19-11-10-17(31-19)12-18-20(27)25-23(32)26(21(18)28)16-8-6-15(24)7-9-16/h2-12H,1H3,(H,25,27,32)/b18-12+. The number of rotatable bonds is 4. The van der Waals surface area contributed by atoms with Crippen molar-refractivity contribution in [1.29, 1.82) is 0 Å². The molecule has 0 bridgehead atoms. The summed E-state index contributed by atoms with van der Waals surface area (Å²) in [7, 11) is 1.30. The number of halogens is 1. The Bertz CT molecular complexity index is 1260. The zero-order valence-corrected chi connectivity index (χ0v) is 17.4. The topological polar surface area (TPSA) is 88.9 Å². The quantitative estimate of drug-likeness (QED) is 0.282. The molecule has 4 rings (SSSR count). The van der Waals surface area contributed by atoms with E-state index in [1.165, 1.54) is 37.5 Å². The van der Waals surface area contributed by atoms with Gasteiger partial charge in [-0.05, 0) is 66.8 Å². The van der Waals surface area contributed by atoms with E-state index in [0.29, 0.717) is 22.6 Å². The number of nitrogens with zero attached hydrogens (tertiary/aromatic N) is 1. The van der Waals surface area contributed by atoms with Crippen molar-refractivity contribution in [2.45, 2.75) is 0 Å². The average Bonchev–Trinajstić information content (AvgIpc) is 3.26. The molecule has 2 aromatic carbocycles. The van der Waals surface area contributed by atoms with Crippen LogP contribution in [0.1, 0.15) is 16.1 Å². The molecule has 1 saturated heterocycles. The number of methoxy groups -OCH3 is 1. The largest absolute Gasteiger partial charge is 0.465 e. The lowest BCUT2D eigenvalue weighted by molar-refractivity contribution is -0.122. The molecule has 7 nitrogen and oxygen atoms in total. The Morgan fingerprint density at radius 1 is 1.06 bits per heavy atom. The third kappa shape index (κ3) is 4.06. The first-order valence-electron chi connectivity index (χ1n) is 9.33. The van der Waals surface area contributed by atoms with E-state index in [4.69, 9.17) is 16.6 Å². The van der Waals surface area contributed by atoms with E-state index in [9.17, 15) is 18.8 Å². The van der Waals surface area contributed by atoms with Crippen LogP contribution in [0.4, 0.5) is 10.1 Å². The van der Waals surface area contributed by atoms with Crippen LogP contribution in [0.2, 0.25) is 0 Å². The van der Waals surface area contributed by atoms with Gasteiger partial charge in [-0.25, -0.2) is 9.18 Å². The van der Waals surface area contributed by atoms with Crippen molar-refractivity contribution < 1.29 is 27.9 Å². The van der Waals surface area contributed by atoms with Crippen LogP contribution in [0.3, 0.4) is 0 Å². The summed E-state index contributed by atoms with van der Waals surface area (Å²) in [6.45, 7) is 0. The van der Waals surface area contributed by atoms with Gasteiger partial charge >= 0.3 is 5.97 Å². The molecule has 2 heterocycles. The van der Waals surface area contributed by atoms with Crippen LogP contribution in [0.15, 0.2) is 70.7 Å². The number of hydrogen-bond acceptors (Lipinski definition) is 6. The number of carbonyl (C=O) groups is 3. The second-order valence-electron chi connectivity index (χ2n) is 6.71. The number of thiocarbonyl (C=S) groups is 1. The van der Waals surface area contributed by atoms with Gasteiger partial charge in [0.1, 0.15) is 22.9 Å². The van der Waals surface area contributed by atoms with Gasteiger partial charge < -0.3 is 9.15 Å². The highest BCUT2D eigenvalue weighted by atomic mass is 32.1. The van der Waals surface area contributed by atoms with Crippen molar-refractivity contribution >= 4 is 46.9 Å². The number of furan rings is 1. The second-order valence-corrected chi connectivity index (χ2v) is 7.09. The highest BCUT2D eigenvalue weighted by molar-refractivity contribution is 7.80. The molecule has 0 aliphatic carbocycles. The number of hydrogen-bond donors (Lipinski definition) is 1. The maximum atomic E-state index is 13.2. The minimum absolute atomic E-state index is 0.102. The van der Waals surface area contributed by atoms with Gasteiger partial charge in [0.15, 0.2) is 5.11 Å². The molecule has 1 fully saturated rings. The minimum Gasteiger partial charge on any atom is -0.465 e. The van der Waals surface area contributed by atoms with Crippen molar-refractivity contribution in [1.82, 2.24) is 5.32 Å². The minimum atomic E-state index is -0.668. The molecular formula is C23H15FN2O5S.